The number of hydrogen-bond donors (Lipinski definition) is 0. The van der Waals surface area contributed by atoms with Crippen LogP contribution in [0.25, 0.3) is 0 Å². The van der Waals surface area contributed by atoms with Crippen molar-refractivity contribution in [2.75, 3.05) is 13.1 Å². The zero-order valence-electron chi connectivity index (χ0n) is 12.5. The lowest BCUT2D eigenvalue weighted by Crippen LogP contribution is -2.28. The number of aryl methyl sites for hydroxylation is 1. The van der Waals surface area contributed by atoms with Crippen LogP contribution in [0.2, 0.25) is 0 Å². The van der Waals surface area contributed by atoms with Gasteiger partial charge in [0.15, 0.2) is 5.82 Å². The van der Waals surface area contributed by atoms with E-state index in [1.54, 1.807) is 0 Å². The van der Waals surface area contributed by atoms with Gasteiger partial charge in [-0.3, -0.25) is 0 Å². The molecule has 1 aromatic rings. The number of aromatic nitrogens is 3. The first-order valence-electron chi connectivity index (χ1n) is 7.82. The first kappa shape index (κ1) is 13.1. The predicted molar refractivity (Wildman–Crippen MR) is 76.2 cm³/mol. The van der Waals surface area contributed by atoms with E-state index in [0.29, 0.717) is 12.1 Å². The summed E-state index contributed by atoms with van der Waals surface area (Å²) < 4.78 is 2.17. The Hall–Kier alpha value is -0.900. The van der Waals surface area contributed by atoms with Gasteiger partial charge in [-0.25, -0.2) is 9.67 Å². The quantitative estimate of drug-likeness (QED) is 0.839. The fourth-order valence-corrected chi connectivity index (χ4v) is 3.45. The van der Waals surface area contributed by atoms with Crippen molar-refractivity contribution in [3.05, 3.63) is 11.6 Å². The molecule has 2 aliphatic rings. The number of nitrogens with zero attached hydrogens (tertiary/aromatic N) is 4. The van der Waals surface area contributed by atoms with E-state index in [4.69, 9.17) is 10.1 Å². The van der Waals surface area contributed by atoms with Crippen LogP contribution in [0.5, 0.6) is 0 Å². The zero-order chi connectivity index (χ0) is 13.4. The Morgan fingerprint density at radius 3 is 2.84 bits per heavy atom. The third kappa shape index (κ3) is 2.69. The molecule has 2 unspecified atom stereocenters. The molecule has 1 aromatic heterocycles. The van der Waals surface area contributed by atoms with Gasteiger partial charge in [-0.15, -0.1) is 0 Å². The van der Waals surface area contributed by atoms with Crippen molar-refractivity contribution in [2.24, 2.45) is 5.92 Å². The summed E-state index contributed by atoms with van der Waals surface area (Å²) in [7, 11) is 0. The first-order valence-corrected chi connectivity index (χ1v) is 7.82. The fourth-order valence-electron chi connectivity index (χ4n) is 3.45. The van der Waals surface area contributed by atoms with Crippen LogP contribution in [0.15, 0.2) is 0 Å². The highest BCUT2D eigenvalue weighted by Crippen LogP contribution is 2.25. The van der Waals surface area contributed by atoms with Crippen molar-refractivity contribution in [1.82, 2.24) is 19.7 Å². The molecule has 0 aromatic carbocycles. The minimum absolute atomic E-state index is 0.542. The number of rotatable bonds is 3. The van der Waals surface area contributed by atoms with Gasteiger partial charge in [-0.1, -0.05) is 0 Å². The summed E-state index contributed by atoms with van der Waals surface area (Å²) in [4.78, 5) is 7.34. The summed E-state index contributed by atoms with van der Waals surface area (Å²) in [6, 6.07) is 1.22. The van der Waals surface area contributed by atoms with Crippen molar-refractivity contribution >= 4 is 0 Å². The molecule has 3 rings (SSSR count). The largest absolute Gasteiger partial charge is 0.301 e. The number of likely N-dealkylation sites (tertiary alicyclic amines) is 1. The Morgan fingerprint density at radius 2 is 2.16 bits per heavy atom. The van der Waals surface area contributed by atoms with Gasteiger partial charge in [0.1, 0.15) is 5.82 Å². The molecule has 0 saturated carbocycles. The Bertz CT molecular complexity index is 437. The minimum Gasteiger partial charge on any atom is -0.301 e. The summed E-state index contributed by atoms with van der Waals surface area (Å²) in [5, 5.41) is 4.75. The van der Waals surface area contributed by atoms with E-state index in [2.05, 4.69) is 30.4 Å². The smallest absolute Gasteiger partial charge is 0.151 e. The average molecular weight is 262 g/mol. The van der Waals surface area contributed by atoms with Crippen LogP contribution in [0, 0.1) is 5.92 Å². The second-order valence-electron chi connectivity index (χ2n) is 6.58. The molecule has 19 heavy (non-hydrogen) atoms. The highest BCUT2D eigenvalue weighted by Gasteiger charge is 2.27. The summed E-state index contributed by atoms with van der Waals surface area (Å²) in [6.07, 6.45) is 6.00. The van der Waals surface area contributed by atoms with E-state index < -0.39 is 0 Å². The topological polar surface area (TPSA) is 34.0 Å². The molecule has 0 bridgehead atoms. The molecule has 4 nitrogen and oxygen atoms in total. The van der Waals surface area contributed by atoms with Crippen molar-refractivity contribution in [1.29, 1.82) is 0 Å². The lowest BCUT2D eigenvalue weighted by molar-refractivity contribution is 0.264. The van der Waals surface area contributed by atoms with Crippen molar-refractivity contribution in [3.63, 3.8) is 0 Å². The van der Waals surface area contributed by atoms with Crippen LogP contribution < -0.4 is 0 Å². The molecule has 0 amide bonds. The maximum absolute atomic E-state index is 4.77. The van der Waals surface area contributed by atoms with Crippen molar-refractivity contribution in [2.45, 2.75) is 65.0 Å². The maximum atomic E-state index is 4.77. The normalized spacial score (nSPS) is 28.0. The molecule has 106 valence electrons. The van der Waals surface area contributed by atoms with Gasteiger partial charge in [0, 0.05) is 25.4 Å². The first-order chi connectivity index (χ1) is 9.13. The number of hydrogen-bond acceptors (Lipinski definition) is 3. The van der Waals surface area contributed by atoms with E-state index in [0.717, 1.165) is 24.6 Å². The van der Waals surface area contributed by atoms with E-state index in [1.807, 2.05) is 0 Å². The third-order valence-electron chi connectivity index (χ3n) is 4.70. The minimum atomic E-state index is 0.542. The van der Waals surface area contributed by atoms with Gasteiger partial charge < -0.3 is 4.90 Å². The molecule has 2 aliphatic heterocycles. The Labute approximate surface area is 116 Å². The van der Waals surface area contributed by atoms with E-state index in [9.17, 15) is 0 Å². The molecular formula is C15H26N4. The lowest BCUT2D eigenvalue weighted by Gasteiger charge is -2.19. The van der Waals surface area contributed by atoms with Crippen LogP contribution in [0.4, 0.5) is 0 Å². The highest BCUT2D eigenvalue weighted by molar-refractivity contribution is 4.99. The van der Waals surface area contributed by atoms with Gasteiger partial charge in [0.25, 0.3) is 0 Å². The Morgan fingerprint density at radius 1 is 1.32 bits per heavy atom. The molecular weight excluding hydrogens is 236 g/mol. The molecule has 0 radical (unpaired) electrons. The third-order valence-corrected chi connectivity index (χ3v) is 4.70. The lowest BCUT2D eigenvalue weighted by atomic mass is 10.0. The van der Waals surface area contributed by atoms with Gasteiger partial charge in [0.2, 0.25) is 0 Å². The van der Waals surface area contributed by atoms with Crippen molar-refractivity contribution in [3.8, 4) is 0 Å². The van der Waals surface area contributed by atoms with E-state index in [-0.39, 0.29) is 0 Å². The molecule has 4 heteroatoms. The molecule has 1 saturated heterocycles. The van der Waals surface area contributed by atoms with Crippen LogP contribution in [0.1, 0.15) is 57.7 Å². The summed E-state index contributed by atoms with van der Waals surface area (Å²) in [6.45, 7) is 9.30. The molecule has 0 N–H and O–H groups in total. The monoisotopic (exact) mass is 262 g/mol. The Kier molecular flexibility index (Phi) is 3.61. The fraction of sp³-hybridized carbons (Fsp3) is 0.867. The molecule has 2 atom stereocenters. The van der Waals surface area contributed by atoms with Gasteiger partial charge >= 0.3 is 0 Å². The molecule has 1 fully saturated rings. The van der Waals surface area contributed by atoms with Crippen LogP contribution in [-0.4, -0.2) is 38.8 Å². The maximum Gasteiger partial charge on any atom is 0.151 e. The van der Waals surface area contributed by atoms with Gasteiger partial charge in [0.05, 0.1) is 6.04 Å². The second kappa shape index (κ2) is 5.23. The van der Waals surface area contributed by atoms with E-state index >= 15 is 0 Å². The highest BCUT2D eigenvalue weighted by atomic mass is 15.4. The Balaban J connectivity index is 1.65. The molecule has 0 aliphatic carbocycles. The van der Waals surface area contributed by atoms with Crippen LogP contribution >= 0.6 is 0 Å². The second-order valence-corrected chi connectivity index (χ2v) is 6.58. The summed E-state index contributed by atoms with van der Waals surface area (Å²) >= 11 is 0. The molecule has 0 spiro atoms. The standard InChI is InChI=1S/C15H26N4/c1-11(2)18-8-7-13(10-18)9-14-16-15-6-4-5-12(3)19(15)17-14/h11-13H,4-10H2,1-3H3. The van der Waals surface area contributed by atoms with Gasteiger partial charge in [-0.05, 0) is 52.5 Å². The summed E-state index contributed by atoms with van der Waals surface area (Å²) in [5.41, 5.74) is 0. The van der Waals surface area contributed by atoms with Crippen LogP contribution in [0.3, 0.4) is 0 Å². The molecule has 3 heterocycles. The van der Waals surface area contributed by atoms with Crippen LogP contribution in [-0.2, 0) is 12.8 Å². The van der Waals surface area contributed by atoms with Crippen molar-refractivity contribution < 1.29 is 0 Å². The summed E-state index contributed by atoms with van der Waals surface area (Å²) in [5.74, 6) is 3.05. The predicted octanol–water partition coefficient (Wildman–Crippen LogP) is 2.45. The SMILES string of the molecule is CC(C)N1CCC(Cc2nc3n(n2)C(C)CCC3)C1. The average Bonchev–Trinajstić information content (AvgIpc) is 2.96. The number of fused-ring (bicyclic) bond motifs is 1. The zero-order valence-corrected chi connectivity index (χ0v) is 12.5. The van der Waals surface area contributed by atoms with E-state index in [1.165, 1.54) is 38.2 Å². The van der Waals surface area contributed by atoms with Gasteiger partial charge in [-0.2, -0.15) is 5.10 Å².